The Morgan fingerprint density at radius 1 is 1.15 bits per heavy atom. The molecule has 0 spiro atoms. The number of hydrogen-bond acceptors (Lipinski definition) is 14. The Morgan fingerprint density at radius 3 is 2.46 bits per heavy atom. The molecule has 0 aromatic heterocycles. The third-order valence-electron chi connectivity index (χ3n) is 5.92. The molecule has 7 N–H and O–H groups in total. The maximum atomic E-state index is 12.3. The van der Waals surface area contributed by atoms with Gasteiger partial charge in [0.15, 0.2) is 0 Å². The van der Waals surface area contributed by atoms with Crippen LogP contribution in [-0.2, 0) is 41.1 Å². The molecule has 2 amide bonds. The molecule has 1 aromatic rings. The summed E-state index contributed by atoms with van der Waals surface area (Å²) < 4.78 is 57.0. The fourth-order valence-corrected chi connectivity index (χ4v) is 8.58. The highest BCUT2D eigenvalue weighted by atomic mass is 33.1. The lowest BCUT2D eigenvalue weighted by molar-refractivity contribution is -0.121. The smallest absolute Gasteiger partial charge is 0.423 e. The SMILES string of the molecule is [B][C@H]1C[C@@H](OCSSC(C)(C)CNC(=O)CCCCNC(=O)c2ccc(B(O)O)cc2)[C@@H](COP(=O)(O)OP(=O)(O)O[P+](=O)O)O1. The molecule has 256 valence electrons. The Balaban J connectivity index is 1.62. The van der Waals surface area contributed by atoms with Gasteiger partial charge in [-0.2, -0.15) is 4.31 Å². The first kappa shape index (κ1) is 41.3. The largest absolute Gasteiger partial charge is 0.705 e. The van der Waals surface area contributed by atoms with Gasteiger partial charge in [-0.1, -0.05) is 33.7 Å². The molecule has 2 rings (SSSR count). The van der Waals surface area contributed by atoms with Gasteiger partial charge in [0, 0.05) is 40.4 Å². The predicted octanol–water partition coefficient (Wildman–Crippen LogP) is 1.07. The summed E-state index contributed by atoms with van der Waals surface area (Å²) in [6.45, 7) is 3.97. The summed E-state index contributed by atoms with van der Waals surface area (Å²) in [5, 5.41) is 23.9. The number of amides is 2. The van der Waals surface area contributed by atoms with Gasteiger partial charge in [0.1, 0.15) is 19.9 Å². The number of benzene rings is 1. The third-order valence-corrected chi connectivity index (χ3v) is 12.4. The molecule has 1 heterocycles. The molecule has 1 aromatic carbocycles. The van der Waals surface area contributed by atoms with E-state index in [1.807, 2.05) is 13.8 Å². The zero-order chi connectivity index (χ0) is 34.5. The second-order valence-electron chi connectivity index (χ2n) is 10.4. The first-order valence-electron chi connectivity index (χ1n) is 13.6. The predicted molar refractivity (Wildman–Crippen MR) is 171 cm³/mol. The van der Waals surface area contributed by atoms with E-state index in [4.69, 9.17) is 32.3 Å². The van der Waals surface area contributed by atoms with E-state index in [0.29, 0.717) is 31.5 Å². The highest BCUT2D eigenvalue weighted by Crippen LogP contribution is 2.63. The molecule has 17 nitrogen and oxygen atoms in total. The van der Waals surface area contributed by atoms with Crippen molar-refractivity contribution < 1.29 is 70.6 Å². The van der Waals surface area contributed by atoms with Crippen LogP contribution in [0.3, 0.4) is 0 Å². The Bertz CT molecular complexity index is 1270. The quantitative estimate of drug-likeness (QED) is 0.0305. The number of phosphoric ester groups is 1. The van der Waals surface area contributed by atoms with Crippen molar-refractivity contribution >= 4 is 77.7 Å². The molecule has 46 heavy (non-hydrogen) atoms. The van der Waals surface area contributed by atoms with Crippen molar-refractivity contribution in [3.63, 3.8) is 0 Å². The van der Waals surface area contributed by atoms with Crippen LogP contribution in [0.25, 0.3) is 0 Å². The van der Waals surface area contributed by atoms with E-state index < -0.39 is 55.8 Å². The van der Waals surface area contributed by atoms with Crippen molar-refractivity contribution in [1.82, 2.24) is 10.6 Å². The van der Waals surface area contributed by atoms with Crippen molar-refractivity contribution in [1.29, 1.82) is 0 Å². The molecular formula is C22H36B2N2O15P3S2+. The van der Waals surface area contributed by atoms with Gasteiger partial charge in [0.25, 0.3) is 5.91 Å². The van der Waals surface area contributed by atoms with E-state index in [-0.39, 0.29) is 40.8 Å². The van der Waals surface area contributed by atoms with Gasteiger partial charge >= 0.3 is 31.0 Å². The second-order valence-corrected chi connectivity index (χ2v) is 17.2. The number of carbonyl (C=O) groups is 2. The van der Waals surface area contributed by atoms with Gasteiger partial charge in [-0.05, 0) is 55.0 Å². The third kappa shape index (κ3) is 16.5. The molecule has 1 saturated heterocycles. The fourth-order valence-electron chi connectivity index (χ4n) is 3.74. The fraction of sp³-hybridized carbons (Fsp3) is 0.636. The average Bonchev–Trinajstić information content (AvgIpc) is 3.30. The molecule has 1 aliphatic rings. The molecule has 1 aliphatic heterocycles. The summed E-state index contributed by atoms with van der Waals surface area (Å²) in [6, 6.07) is 5.11. The van der Waals surface area contributed by atoms with Crippen molar-refractivity contribution in [3.05, 3.63) is 29.8 Å². The summed E-state index contributed by atoms with van der Waals surface area (Å²) in [7, 11) is -7.18. The highest BCUT2D eigenvalue weighted by molar-refractivity contribution is 8.77. The molecular weight excluding hydrogens is 711 g/mol. The van der Waals surface area contributed by atoms with Gasteiger partial charge in [0.05, 0.1) is 12.7 Å². The Kier molecular flexibility index (Phi) is 17.4. The van der Waals surface area contributed by atoms with Crippen LogP contribution in [-0.4, -0.2) is 100 Å². The molecule has 2 radical (unpaired) electrons. The van der Waals surface area contributed by atoms with Gasteiger partial charge < -0.3 is 35.0 Å². The van der Waals surface area contributed by atoms with E-state index in [9.17, 15) is 33.1 Å². The van der Waals surface area contributed by atoms with E-state index in [1.54, 1.807) is 0 Å². The molecule has 0 aliphatic carbocycles. The molecule has 6 atom stereocenters. The maximum Gasteiger partial charge on any atom is 0.705 e. The van der Waals surface area contributed by atoms with Crippen LogP contribution >= 0.6 is 45.5 Å². The van der Waals surface area contributed by atoms with Crippen molar-refractivity contribution in [3.8, 4) is 0 Å². The minimum absolute atomic E-state index is 0.140. The van der Waals surface area contributed by atoms with Gasteiger partial charge in [0.2, 0.25) is 5.91 Å². The molecule has 0 saturated carbocycles. The van der Waals surface area contributed by atoms with Crippen LogP contribution < -0.4 is 16.1 Å². The van der Waals surface area contributed by atoms with Gasteiger partial charge in [-0.15, -0.1) is 4.89 Å². The zero-order valence-corrected chi connectivity index (χ0v) is 29.1. The normalized spacial score (nSPS) is 21.2. The Hall–Kier alpha value is -0.850. The molecule has 3 unspecified atom stereocenters. The monoisotopic (exact) mass is 747 g/mol. The number of phosphoric acid groups is 2. The van der Waals surface area contributed by atoms with Crippen LogP contribution in [0.2, 0.25) is 0 Å². The Labute approximate surface area is 276 Å². The second kappa shape index (κ2) is 19.4. The maximum absolute atomic E-state index is 12.3. The number of hydrogen-bond donors (Lipinski definition) is 7. The standard InChI is InChI=1S/C22H35B2N2O15P3S2/c1-22(2,13-26-20(27)5-3-4-10-25-21(28)15-6-8-16(9-7-15)24(29)30)46-45-14-37-17-11-19(23)39-18(17)12-38-43(33,34)41-44(35,36)40-42(31)32/h6-9,17-19,29-30H,3-5,10-14H2,1-2H3,(H4-,25,26,27,28,31,32,33,34,35,36)/p+1/t17-,18-,19-/m1/s1. The van der Waals surface area contributed by atoms with Crippen LogP contribution in [0.5, 0.6) is 0 Å². The lowest BCUT2D eigenvalue weighted by Crippen LogP contribution is -2.36. The number of ether oxygens (including phenoxy) is 2. The average molecular weight is 747 g/mol. The number of unbranched alkanes of at least 4 members (excludes halogenated alkanes) is 1. The minimum Gasteiger partial charge on any atom is -0.423 e. The molecule has 0 bridgehead atoms. The summed E-state index contributed by atoms with van der Waals surface area (Å²) in [5.74, 6) is -0.295. The van der Waals surface area contributed by atoms with Crippen molar-refractivity contribution in [2.75, 3.05) is 25.6 Å². The van der Waals surface area contributed by atoms with E-state index in [2.05, 4.69) is 23.8 Å². The topological polar surface area (TPSA) is 257 Å². The Morgan fingerprint density at radius 2 is 1.83 bits per heavy atom. The van der Waals surface area contributed by atoms with Crippen molar-refractivity contribution in [2.24, 2.45) is 0 Å². The number of nitrogens with one attached hydrogen (secondary N) is 2. The number of rotatable bonds is 21. The number of carbonyl (C=O) groups excluding carboxylic acids is 2. The molecule has 1 fully saturated rings. The molecule has 24 heteroatoms. The van der Waals surface area contributed by atoms with Crippen LogP contribution in [0.1, 0.15) is 49.9 Å². The van der Waals surface area contributed by atoms with E-state index in [0.717, 1.165) is 0 Å². The lowest BCUT2D eigenvalue weighted by Gasteiger charge is -2.24. The van der Waals surface area contributed by atoms with E-state index >= 15 is 0 Å². The van der Waals surface area contributed by atoms with Crippen LogP contribution in [0, 0.1) is 0 Å². The summed E-state index contributed by atoms with van der Waals surface area (Å²) in [4.78, 5) is 51.9. The zero-order valence-electron chi connectivity index (χ0n) is 24.8. The first-order chi connectivity index (χ1) is 21.4. The highest BCUT2D eigenvalue weighted by Gasteiger charge is 2.44. The summed E-state index contributed by atoms with van der Waals surface area (Å²) in [6.07, 6.45) is 0.0343. The van der Waals surface area contributed by atoms with Crippen LogP contribution in [0.15, 0.2) is 24.3 Å². The minimum atomic E-state index is -5.36. The lowest BCUT2D eigenvalue weighted by atomic mass is 9.80. The van der Waals surface area contributed by atoms with Gasteiger partial charge in [-0.25, -0.2) is 9.13 Å². The summed E-state index contributed by atoms with van der Waals surface area (Å²) in [5.41, 5.74) is 0.663. The van der Waals surface area contributed by atoms with E-state index in [1.165, 1.54) is 45.9 Å². The van der Waals surface area contributed by atoms with Crippen molar-refractivity contribution in [2.45, 2.75) is 62.5 Å². The first-order valence-corrected chi connectivity index (χ1v) is 20.0. The van der Waals surface area contributed by atoms with Crippen LogP contribution in [0.4, 0.5) is 0 Å². The summed E-state index contributed by atoms with van der Waals surface area (Å²) >= 11 is 0. The van der Waals surface area contributed by atoms with Gasteiger partial charge in [-0.3, -0.25) is 19.0 Å².